The van der Waals surface area contributed by atoms with E-state index >= 15 is 0 Å². The summed E-state index contributed by atoms with van der Waals surface area (Å²) in [6.45, 7) is 0.924. The van der Waals surface area contributed by atoms with Gasteiger partial charge in [0.15, 0.2) is 0 Å². The summed E-state index contributed by atoms with van der Waals surface area (Å²) in [5.74, 6) is -0.198. The molecule has 0 saturated heterocycles. The van der Waals surface area contributed by atoms with Gasteiger partial charge in [0.05, 0.1) is 6.61 Å². The topological polar surface area (TPSA) is 68.5 Å². The normalized spacial score (nSPS) is 16.9. The Morgan fingerprint density at radius 1 is 1.24 bits per heavy atom. The van der Waals surface area contributed by atoms with Gasteiger partial charge in [0.2, 0.25) is 0 Å². The van der Waals surface area contributed by atoms with Crippen molar-refractivity contribution < 1.29 is 14.6 Å². The molecule has 1 N–H and O–H groups in total. The molecule has 0 saturated carbocycles. The SMILES string of the molecule is O=C(O)c1cccc(=O)n1CC1CCOc2ccccc21. The minimum Gasteiger partial charge on any atom is -0.493 e. The molecule has 2 aromatic rings. The highest BCUT2D eigenvalue weighted by atomic mass is 16.5. The van der Waals surface area contributed by atoms with Crippen molar-refractivity contribution in [3.63, 3.8) is 0 Å². The van der Waals surface area contributed by atoms with Gasteiger partial charge in [-0.1, -0.05) is 24.3 Å². The third-order valence-corrected chi connectivity index (χ3v) is 3.75. The summed E-state index contributed by atoms with van der Waals surface area (Å²) < 4.78 is 6.92. The number of hydrogen-bond donors (Lipinski definition) is 1. The van der Waals surface area contributed by atoms with E-state index in [1.54, 1.807) is 0 Å². The van der Waals surface area contributed by atoms with Crippen LogP contribution in [0.1, 0.15) is 28.4 Å². The molecule has 0 aliphatic carbocycles. The van der Waals surface area contributed by atoms with E-state index < -0.39 is 5.97 Å². The number of aromatic carboxylic acids is 1. The van der Waals surface area contributed by atoms with Crippen LogP contribution in [0.3, 0.4) is 0 Å². The number of pyridine rings is 1. The average Bonchev–Trinajstić information content (AvgIpc) is 2.49. The first-order valence-electron chi connectivity index (χ1n) is 6.81. The molecular weight excluding hydrogens is 270 g/mol. The smallest absolute Gasteiger partial charge is 0.352 e. The summed E-state index contributed by atoms with van der Waals surface area (Å²) in [5, 5.41) is 9.23. The van der Waals surface area contributed by atoms with E-state index in [1.165, 1.54) is 22.8 Å². The predicted molar refractivity (Wildman–Crippen MR) is 77.0 cm³/mol. The number of carbonyl (C=O) groups is 1. The Bertz CT molecular complexity index is 735. The van der Waals surface area contributed by atoms with Gasteiger partial charge in [0, 0.05) is 18.5 Å². The molecule has 21 heavy (non-hydrogen) atoms. The number of aromatic nitrogens is 1. The van der Waals surface area contributed by atoms with Crippen LogP contribution >= 0.6 is 0 Å². The molecule has 1 aromatic heterocycles. The molecule has 1 aromatic carbocycles. The first-order chi connectivity index (χ1) is 10.2. The van der Waals surface area contributed by atoms with Gasteiger partial charge in [-0.2, -0.15) is 0 Å². The Morgan fingerprint density at radius 3 is 2.86 bits per heavy atom. The standard InChI is InChI=1S/C16H15NO4/c18-15-7-3-5-13(16(19)20)17(15)10-11-8-9-21-14-6-2-1-4-12(11)14/h1-7,11H,8-10H2,(H,19,20). The summed E-state index contributed by atoms with van der Waals surface area (Å²) in [6.07, 6.45) is 0.761. The molecule has 0 spiro atoms. The fourth-order valence-electron chi connectivity index (χ4n) is 2.72. The second-order valence-electron chi connectivity index (χ2n) is 5.04. The van der Waals surface area contributed by atoms with E-state index in [4.69, 9.17) is 4.74 Å². The molecule has 1 aliphatic rings. The van der Waals surface area contributed by atoms with Crippen molar-refractivity contribution in [2.75, 3.05) is 6.61 Å². The van der Waals surface area contributed by atoms with Gasteiger partial charge >= 0.3 is 5.97 Å². The lowest BCUT2D eigenvalue weighted by atomic mass is 9.93. The molecular formula is C16H15NO4. The minimum atomic E-state index is -1.09. The second kappa shape index (κ2) is 5.44. The van der Waals surface area contributed by atoms with E-state index in [1.807, 2.05) is 24.3 Å². The van der Waals surface area contributed by atoms with Crippen LogP contribution in [0.15, 0.2) is 47.3 Å². The lowest BCUT2D eigenvalue weighted by Gasteiger charge is -2.26. The maximum atomic E-state index is 12.0. The van der Waals surface area contributed by atoms with Crippen molar-refractivity contribution in [1.82, 2.24) is 4.57 Å². The van der Waals surface area contributed by atoms with Gasteiger partial charge in [-0.3, -0.25) is 4.79 Å². The van der Waals surface area contributed by atoms with E-state index in [0.29, 0.717) is 13.2 Å². The Balaban J connectivity index is 1.99. The molecule has 0 amide bonds. The van der Waals surface area contributed by atoms with Crippen molar-refractivity contribution in [2.24, 2.45) is 0 Å². The molecule has 5 heteroatoms. The highest BCUT2D eigenvalue weighted by molar-refractivity contribution is 5.85. The third-order valence-electron chi connectivity index (χ3n) is 3.75. The highest BCUT2D eigenvalue weighted by Crippen LogP contribution is 2.34. The van der Waals surface area contributed by atoms with Crippen LogP contribution < -0.4 is 10.3 Å². The number of ether oxygens (including phenoxy) is 1. The average molecular weight is 285 g/mol. The summed E-state index contributed by atoms with van der Waals surface area (Å²) in [6, 6.07) is 12.0. The predicted octanol–water partition coefficient (Wildman–Crippen LogP) is 2.11. The van der Waals surface area contributed by atoms with Crippen LogP contribution in [-0.2, 0) is 6.54 Å². The number of carboxylic acid groups (broad SMARTS) is 1. The van der Waals surface area contributed by atoms with Crippen LogP contribution in [0.5, 0.6) is 5.75 Å². The lowest BCUT2D eigenvalue weighted by Crippen LogP contribution is -2.29. The van der Waals surface area contributed by atoms with Gasteiger partial charge in [0.25, 0.3) is 5.56 Å². The first kappa shape index (κ1) is 13.4. The minimum absolute atomic E-state index is 0.0199. The highest BCUT2D eigenvalue weighted by Gasteiger charge is 2.23. The Kier molecular flexibility index (Phi) is 3.48. The zero-order valence-corrected chi connectivity index (χ0v) is 11.4. The van der Waals surface area contributed by atoms with E-state index in [9.17, 15) is 14.7 Å². The van der Waals surface area contributed by atoms with Crippen molar-refractivity contribution in [2.45, 2.75) is 18.9 Å². The first-order valence-corrected chi connectivity index (χ1v) is 6.81. The maximum absolute atomic E-state index is 12.0. The van der Waals surface area contributed by atoms with Crippen molar-refractivity contribution in [3.8, 4) is 5.75 Å². The van der Waals surface area contributed by atoms with E-state index in [-0.39, 0.29) is 17.2 Å². The van der Waals surface area contributed by atoms with Gasteiger partial charge < -0.3 is 14.4 Å². The molecule has 1 aliphatic heterocycles. The van der Waals surface area contributed by atoms with Crippen LogP contribution in [-0.4, -0.2) is 22.2 Å². The van der Waals surface area contributed by atoms with E-state index in [2.05, 4.69) is 0 Å². The van der Waals surface area contributed by atoms with Crippen LogP contribution in [0.2, 0.25) is 0 Å². The van der Waals surface area contributed by atoms with Crippen molar-refractivity contribution in [1.29, 1.82) is 0 Å². The van der Waals surface area contributed by atoms with Crippen molar-refractivity contribution >= 4 is 5.97 Å². The molecule has 3 rings (SSSR count). The fourth-order valence-corrected chi connectivity index (χ4v) is 2.72. The Labute approximate surface area is 121 Å². The summed E-state index contributed by atoms with van der Waals surface area (Å²) >= 11 is 0. The van der Waals surface area contributed by atoms with E-state index in [0.717, 1.165) is 17.7 Å². The molecule has 2 heterocycles. The molecule has 1 unspecified atom stereocenters. The zero-order chi connectivity index (χ0) is 14.8. The summed E-state index contributed by atoms with van der Waals surface area (Å²) in [4.78, 5) is 23.3. The number of rotatable bonds is 3. The molecule has 0 radical (unpaired) electrons. The Morgan fingerprint density at radius 2 is 2.05 bits per heavy atom. The molecule has 5 nitrogen and oxygen atoms in total. The van der Waals surface area contributed by atoms with Gasteiger partial charge in [-0.05, 0) is 24.1 Å². The largest absolute Gasteiger partial charge is 0.493 e. The number of carboxylic acids is 1. The van der Waals surface area contributed by atoms with Crippen LogP contribution in [0, 0.1) is 0 Å². The summed E-state index contributed by atoms with van der Waals surface area (Å²) in [7, 11) is 0. The molecule has 108 valence electrons. The second-order valence-corrected chi connectivity index (χ2v) is 5.04. The van der Waals surface area contributed by atoms with Crippen LogP contribution in [0.25, 0.3) is 0 Å². The molecule has 0 bridgehead atoms. The number of para-hydroxylation sites is 1. The lowest BCUT2D eigenvalue weighted by molar-refractivity contribution is 0.0682. The zero-order valence-electron chi connectivity index (χ0n) is 11.4. The number of hydrogen-bond acceptors (Lipinski definition) is 3. The van der Waals surface area contributed by atoms with Crippen molar-refractivity contribution in [3.05, 3.63) is 64.1 Å². The monoisotopic (exact) mass is 285 g/mol. The summed E-state index contributed by atoms with van der Waals surface area (Å²) in [5.41, 5.74) is 0.751. The number of nitrogens with zero attached hydrogens (tertiary/aromatic N) is 1. The van der Waals surface area contributed by atoms with Crippen LogP contribution in [0.4, 0.5) is 0 Å². The Hall–Kier alpha value is -2.56. The maximum Gasteiger partial charge on any atom is 0.352 e. The van der Waals surface area contributed by atoms with Gasteiger partial charge in [-0.25, -0.2) is 4.79 Å². The number of fused-ring (bicyclic) bond motifs is 1. The van der Waals surface area contributed by atoms with Gasteiger partial charge in [0.1, 0.15) is 11.4 Å². The quantitative estimate of drug-likeness (QED) is 0.937. The fraction of sp³-hybridized carbons (Fsp3) is 0.250. The number of benzene rings is 1. The molecule has 0 fully saturated rings. The molecule has 1 atom stereocenters. The van der Waals surface area contributed by atoms with Gasteiger partial charge in [-0.15, -0.1) is 0 Å². The third kappa shape index (κ3) is 2.54.